The molecule has 0 radical (unpaired) electrons. The van der Waals surface area contributed by atoms with Crippen LogP contribution in [0, 0.1) is 22.6 Å². The minimum Gasteiger partial charge on any atom is -0.379 e. The SMILES string of the molecule is N#CC1(C2(c3ccccc3F)COC2)COC1. The summed E-state index contributed by atoms with van der Waals surface area (Å²) >= 11 is 0. The van der Waals surface area contributed by atoms with Crippen molar-refractivity contribution in [2.75, 3.05) is 26.4 Å². The summed E-state index contributed by atoms with van der Waals surface area (Å²) in [6.45, 7) is 1.51. The fourth-order valence-corrected chi connectivity index (χ4v) is 2.60. The van der Waals surface area contributed by atoms with Gasteiger partial charge < -0.3 is 9.47 Å². The zero-order valence-electron chi connectivity index (χ0n) is 9.28. The molecular weight excluding hydrogens is 221 g/mol. The van der Waals surface area contributed by atoms with E-state index in [0.717, 1.165) is 0 Å². The summed E-state index contributed by atoms with van der Waals surface area (Å²) in [4.78, 5) is 0. The Balaban J connectivity index is 2.10. The molecule has 2 saturated heterocycles. The number of rotatable bonds is 2. The van der Waals surface area contributed by atoms with E-state index in [1.54, 1.807) is 18.2 Å². The molecule has 2 fully saturated rings. The largest absolute Gasteiger partial charge is 0.379 e. The van der Waals surface area contributed by atoms with Gasteiger partial charge in [-0.2, -0.15) is 5.26 Å². The number of hydrogen-bond acceptors (Lipinski definition) is 3. The van der Waals surface area contributed by atoms with Crippen LogP contribution in [-0.2, 0) is 14.9 Å². The second kappa shape index (κ2) is 3.52. The van der Waals surface area contributed by atoms with Gasteiger partial charge in [-0.15, -0.1) is 0 Å². The second-order valence-electron chi connectivity index (χ2n) is 4.74. The number of benzene rings is 1. The Morgan fingerprint density at radius 3 is 2.18 bits per heavy atom. The maximum atomic E-state index is 13.9. The van der Waals surface area contributed by atoms with Crippen molar-refractivity contribution < 1.29 is 13.9 Å². The highest BCUT2D eigenvalue weighted by Crippen LogP contribution is 2.51. The molecule has 0 saturated carbocycles. The molecule has 0 unspecified atom stereocenters. The van der Waals surface area contributed by atoms with Crippen molar-refractivity contribution in [3.05, 3.63) is 35.6 Å². The molecule has 0 spiro atoms. The molecule has 4 heteroatoms. The van der Waals surface area contributed by atoms with Gasteiger partial charge in [-0.05, 0) is 6.07 Å². The molecule has 2 aliphatic heterocycles. The predicted molar refractivity (Wildman–Crippen MR) is 57.8 cm³/mol. The van der Waals surface area contributed by atoms with Crippen LogP contribution < -0.4 is 0 Å². The van der Waals surface area contributed by atoms with E-state index in [4.69, 9.17) is 9.47 Å². The molecular formula is C13H12FNO2. The topological polar surface area (TPSA) is 42.2 Å². The van der Waals surface area contributed by atoms with Gasteiger partial charge in [-0.3, -0.25) is 0 Å². The Labute approximate surface area is 98.8 Å². The molecule has 88 valence electrons. The van der Waals surface area contributed by atoms with Crippen LogP contribution in [0.4, 0.5) is 4.39 Å². The van der Waals surface area contributed by atoms with Gasteiger partial charge in [0.2, 0.25) is 0 Å². The van der Waals surface area contributed by atoms with Crippen LogP contribution in [0.5, 0.6) is 0 Å². The summed E-state index contributed by atoms with van der Waals surface area (Å²) in [6, 6.07) is 8.94. The summed E-state index contributed by atoms with van der Waals surface area (Å²) in [5.74, 6) is -0.266. The molecule has 3 rings (SSSR count). The zero-order valence-corrected chi connectivity index (χ0v) is 9.28. The van der Waals surface area contributed by atoms with Crippen LogP contribution >= 0.6 is 0 Å². The Morgan fingerprint density at radius 1 is 1.12 bits per heavy atom. The van der Waals surface area contributed by atoms with E-state index in [-0.39, 0.29) is 5.82 Å². The van der Waals surface area contributed by atoms with Crippen molar-refractivity contribution in [2.45, 2.75) is 5.41 Å². The van der Waals surface area contributed by atoms with E-state index in [0.29, 0.717) is 32.0 Å². The van der Waals surface area contributed by atoms with Crippen molar-refractivity contribution in [1.82, 2.24) is 0 Å². The van der Waals surface area contributed by atoms with Crippen LogP contribution in [0.2, 0.25) is 0 Å². The lowest BCUT2D eigenvalue weighted by molar-refractivity contribution is -0.202. The first-order chi connectivity index (χ1) is 8.24. The van der Waals surface area contributed by atoms with E-state index in [1.165, 1.54) is 6.07 Å². The van der Waals surface area contributed by atoms with E-state index >= 15 is 0 Å². The maximum absolute atomic E-state index is 13.9. The van der Waals surface area contributed by atoms with E-state index < -0.39 is 10.8 Å². The third-order valence-electron chi connectivity index (χ3n) is 3.91. The van der Waals surface area contributed by atoms with Gasteiger partial charge in [0.15, 0.2) is 0 Å². The first kappa shape index (κ1) is 10.7. The molecule has 0 amide bonds. The Bertz CT molecular complexity index is 486. The van der Waals surface area contributed by atoms with Crippen LogP contribution in [0.15, 0.2) is 24.3 Å². The summed E-state index contributed by atoms with van der Waals surface area (Å²) in [6.07, 6.45) is 0. The van der Waals surface area contributed by atoms with Gasteiger partial charge in [0.05, 0.1) is 37.9 Å². The fourth-order valence-electron chi connectivity index (χ4n) is 2.60. The number of halogens is 1. The van der Waals surface area contributed by atoms with Crippen molar-refractivity contribution >= 4 is 0 Å². The molecule has 3 nitrogen and oxygen atoms in total. The van der Waals surface area contributed by atoms with E-state index in [1.807, 2.05) is 0 Å². The third kappa shape index (κ3) is 1.21. The first-order valence-electron chi connectivity index (χ1n) is 5.56. The van der Waals surface area contributed by atoms with Crippen molar-refractivity contribution in [3.8, 4) is 6.07 Å². The standard InChI is InChI=1S/C13H12FNO2/c14-11-4-2-1-3-10(11)13(8-17-9-13)12(5-15)6-16-7-12/h1-4H,6-9H2. The minimum atomic E-state index is -0.632. The number of nitriles is 1. The molecule has 1 aromatic rings. The molecule has 0 atom stereocenters. The molecule has 17 heavy (non-hydrogen) atoms. The quantitative estimate of drug-likeness (QED) is 0.779. The monoisotopic (exact) mass is 233 g/mol. The smallest absolute Gasteiger partial charge is 0.127 e. The van der Waals surface area contributed by atoms with Crippen molar-refractivity contribution in [1.29, 1.82) is 5.26 Å². The molecule has 0 aliphatic carbocycles. The molecule has 0 N–H and O–H groups in total. The molecule has 1 aromatic carbocycles. The molecule has 0 aromatic heterocycles. The van der Waals surface area contributed by atoms with Crippen LogP contribution in [0.25, 0.3) is 0 Å². The zero-order chi connectivity index (χ0) is 11.9. The number of hydrogen-bond donors (Lipinski definition) is 0. The molecule has 2 heterocycles. The average molecular weight is 233 g/mol. The van der Waals surface area contributed by atoms with Crippen LogP contribution in [-0.4, -0.2) is 26.4 Å². The number of ether oxygens (including phenoxy) is 2. The van der Waals surface area contributed by atoms with Gasteiger partial charge >= 0.3 is 0 Å². The minimum absolute atomic E-state index is 0.266. The van der Waals surface area contributed by atoms with Gasteiger partial charge in [0.1, 0.15) is 11.2 Å². The van der Waals surface area contributed by atoms with Gasteiger partial charge in [-0.25, -0.2) is 4.39 Å². The Hall–Kier alpha value is -1.44. The van der Waals surface area contributed by atoms with Gasteiger partial charge in [-0.1, -0.05) is 18.2 Å². The Morgan fingerprint density at radius 2 is 1.76 bits per heavy atom. The van der Waals surface area contributed by atoms with Crippen molar-refractivity contribution in [2.24, 2.45) is 5.41 Å². The summed E-state index contributed by atoms with van der Waals surface area (Å²) in [5, 5.41) is 9.38. The highest BCUT2D eigenvalue weighted by molar-refractivity contribution is 5.37. The van der Waals surface area contributed by atoms with Crippen LogP contribution in [0.1, 0.15) is 5.56 Å². The highest BCUT2D eigenvalue weighted by atomic mass is 19.1. The first-order valence-corrected chi connectivity index (χ1v) is 5.56. The van der Waals surface area contributed by atoms with Gasteiger partial charge in [0.25, 0.3) is 0 Å². The molecule has 0 bridgehead atoms. The van der Waals surface area contributed by atoms with E-state index in [2.05, 4.69) is 6.07 Å². The lowest BCUT2D eigenvalue weighted by Gasteiger charge is -2.55. The maximum Gasteiger partial charge on any atom is 0.127 e. The van der Waals surface area contributed by atoms with E-state index in [9.17, 15) is 9.65 Å². The summed E-state index contributed by atoms with van der Waals surface area (Å²) < 4.78 is 24.4. The second-order valence-corrected chi connectivity index (χ2v) is 4.74. The fraction of sp³-hybridized carbons (Fsp3) is 0.462. The summed E-state index contributed by atoms with van der Waals surface area (Å²) in [5.41, 5.74) is -0.588. The predicted octanol–water partition coefficient (Wildman–Crippen LogP) is 1.63. The highest BCUT2D eigenvalue weighted by Gasteiger charge is 2.62. The van der Waals surface area contributed by atoms with Crippen LogP contribution in [0.3, 0.4) is 0 Å². The molecule has 2 aliphatic rings. The Kier molecular flexibility index (Phi) is 2.22. The lowest BCUT2D eigenvalue weighted by atomic mass is 9.58. The lowest BCUT2D eigenvalue weighted by Crippen LogP contribution is -2.66. The third-order valence-corrected chi connectivity index (χ3v) is 3.91. The summed E-state index contributed by atoms with van der Waals surface area (Å²) in [7, 11) is 0. The number of nitrogens with zero attached hydrogens (tertiary/aromatic N) is 1. The van der Waals surface area contributed by atoms with Gasteiger partial charge in [0, 0.05) is 5.56 Å². The normalized spacial score (nSPS) is 24.2. The van der Waals surface area contributed by atoms with Crippen molar-refractivity contribution in [3.63, 3.8) is 0 Å². The average Bonchev–Trinajstić information content (AvgIpc) is 2.22.